The van der Waals surface area contributed by atoms with E-state index in [9.17, 15) is 9.50 Å². The van der Waals surface area contributed by atoms with Gasteiger partial charge in [-0.1, -0.05) is 31.4 Å². The maximum atomic E-state index is 13.2. The molecule has 2 N–H and O–H groups in total. The van der Waals surface area contributed by atoms with Crippen molar-refractivity contribution in [1.82, 2.24) is 9.88 Å². The molecule has 2 aromatic rings. The standard InChI is InChI=1S/C20H23FN2O/c1-4-5-18-14(2)17-10-20(3,13-24)22-11-19(17)23(18)12-15-6-8-16(21)9-7-15/h4-9,22,24H,1-2,10-13H2,3H3. The summed E-state index contributed by atoms with van der Waals surface area (Å²) in [6, 6.07) is 6.56. The third-order valence-corrected chi connectivity index (χ3v) is 4.77. The Morgan fingerprint density at radius 1 is 1.38 bits per heavy atom. The first kappa shape index (κ1) is 16.7. The fourth-order valence-electron chi connectivity index (χ4n) is 3.33. The zero-order chi connectivity index (χ0) is 17.3. The van der Waals surface area contributed by atoms with Crippen LogP contribution in [-0.4, -0.2) is 21.8 Å². The summed E-state index contributed by atoms with van der Waals surface area (Å²) in [4.78, 5) is 0. The Labute approximate surface area is 141 Å². The average molecular weight is 326 g/mol. The molecule has 0 aliphatic carbocycles. The molecule has 2 heterocycles. The van der Waals surface area contributed by atoms with Gasteiger partial charge in [-0.15, -0.1) is 0 Å². The Morgan fingerprint density at radius 2 is 2.08 bits per heavy atom. The molecule has 1 aliphatic rings. The zero-order valence-corrected chi connectivity index (χ0v) is 14.0. The Balaban J connectivity index is 2.11. The third kappa shape index (κ3) is 2.95. The van der Waals surface area contributed by atoms with Crippen molar-refractivity contribution in [2.24, 2.45) is 0 Å². The van der Waals surface area contributed by atoms with Gasteiger partial charge in [-0.2, -0.15) is 0 Å². The number of rotatable bonds is 4. The van der Waals surface area contributed by atoms with E-state index < -0.39 is 0 Å². The van der Waals surface area contributed by atoms with Gasteiger partial charge in [-0.05, 0) is 47.9 Å². The highest BCUT2D eigenvalue weighted by Gasteiger charge is 2.31. The summed E-state index contributed by atoms with van der Waals surface area (Å²) in [5.41, 5.74) is 3.06. The van der Waals surface area contributed by atoms with Crippen LogP contribution in [0.2, 0.25) is 0 Å². The van der Waals surface area contributed by atoms with Crippen molar-refractivity contribution >= 4 is 12.7 Å². The number of allylic oxidation sites excluding steroid dienone is 1. The van der Waals surface area contributed by atoms with Crippen LogP contribution in [-0.2, 0) is 19.5 Å². The number of hydrogen-bond acceptors (Lipinski definition) is 2. The molecule has 0 saturated carbocycles. The number of benzene rings is 1. The molecule has 0 saturated heterocycles. The van der Waals surface area contributed by atoms with Crippen LogP contribution >= 0.6 is 0 Å². The van der Waals surface area contributed by atoms with E-state index in [1.54, 1.807) is 18.2 Å². The number of nitrogens with one attached hydrogen (secondary N) is 1. The summed E-state index contributed by atoms with van der Waals surface area (Å²) in [5.74, 6) is -0.232. The van der Waals surface area contributed by atoms with E-state index in [0.29, 0.717) is 13.1 Å². The summed E-state index contributed by atoms with van der Waals surface area (Å²) in [7, 11) is 0. The quantitative estimate of drug-likeness (QED) is 0.892. The van der Waals surface area contributed by atoms with Gasteiger partial charge in [0.25, 0.3) is 0 Å². The van der Waals surface area contributed by atoms with Crippen LogP contribution in [0, 0.1) is 5.82 Å². The Hall–Kier alpha value is -2.17. The van der Waals surface area contributed by atoms with Gasteiger partial charge in [0.15, 0.2) is 0 Å². The average Bonchev–Trinajstić information content (AvgIpc) is 2.82. The summed E-state index contributed by atoms with van der Waals surface area (Å²) in [5, 5.41) is 15.1. The third-order valence-electron chi connectivity index (χ3n) is 4.77. The summed E-state index contributed by atoms with van der Waals surface area (Å²) < 4.78 is 15.4. The molecule has 0 bridgehead atoms. The maximum absolute atomic E-state index is 13.2. The van der Waals surface area contributed by atoms with Gasteiger partial charge in [0.2, 0.25) is 0 Å². The van der Waals surface area contributed by atoms with E-state index in [0.717, 1.165) is 22.6 Å². The second-order valence-electron chi connectivity index (χ2n) is 6.65. The SMILES string of the molecule is C=CC=c1c(=C)c2c(n1Cc1ccc(F)cc1)CNC(C)(CO)C2. The van der Waals surface area contributed by atoms with E-state index in [4.69, 9.17) is 0 Å². The van der Waals surface area contributed by atoms with E-state index in [1.165, 1.54) is 23.4 Å². The number of halogens is 1. The monoisotopic (exact) mass is 326 g/mol. The van der Waals surface area contributed by atoms with Crippen LogP contribution in [0.3, 0.4) is 0 Å². The second kappa shape index (κ2) is 6.38. The van der Waals surface area contributed by atoms with Crippen molar-refractivity contribution < 1.29 is 9.50 Å². The minimum atomic E-state index is -0.326. The predicted octanol–water partition coefficient (Wildman–Crippen LogP) is 1.45. The Morgan fingerprint density at radius 3 is 2.71 bits per heavy atom. The topological polar surface area (TPSA) is 37.2 Å². The van der Waals surface area contributed by atoms with Crippen molar-refractivity contribution in [2.75, 3.05) is 6.61 Å². The lowest BCUT2D eigenvalue weighted by Crippen LogP contribution is -2.51. The van der Waals surface area contributed by atoms with Crippen molar-refractivity contribution in [3.05, 3.63) is 70.1 Å². The van der Waals surface area contributed by atoms with Gasteiger partial charge in [-0.3, -0.25) is 0 Å². The number of aromatic nitrogens is 1. The van der Waals surface area contributed by atoms with Crippen LogP contribution in [0.5, 0.6) is 0 Å². The molecule has 4 heteroatoms. The van der Waals surface area contributed by atoms with Crippen LogP contribution in [0.15, 0.2) is 36.9 Å². The van der Waals surface area contributed by atoms with Crippen LogP contribution in [0.25, 0.3) is 12.7 Å². The lowest BCUT2D eigenvalue weighted by Gasteiger charge is -2.34. The van der Waals surface area contributed by atoms with Crippen molar-refractivity contribution in [3.63, 3.8) is 0 Å². The normalized spacial score (nSPS) is 20.9. The fraction of sp³-hybridized carbons (Fsp3) is 0.300. The predicted molar refractivity (Wildman–Crippen MR) is 95.4 cm³/mol. The van der Waals surface area contributed by atoms with Crippen molar-refractivity contribution in [3.8, 4) is 0 Å². The molecule has 1 aromatic carbocycles. The molecule has 1 unspecified atom stereocenters. The largest absolute Gasteiger partial charge is 0.394 e. The smallest absolute Gasteiger partial charge is 0.123 e. The molecule has 0 radical (unpaired) electrons. The van der Waals surface area contributed by atoms with Gasteiger partial charge in [0, 0.05) is 29.7 Å². The lowest BCUT2D eigenvalue weighted by atomic mass is 9.89. The first-order valence-corrected chi connectivity index (χ1v) is 8.10. The first-order valence-electron chi connectivity index (χ1n) is 8.10. The molecular formula is C20H23FN2O. The van der Waals surface area contributed by atoms with Gasteiger partial charge in [-0.25, -0.2) is 4.39 Å². The molecule has 24 heavy (non-hydrogen) atoms. The highest BCUT2D eigenvalue weighted by Crippen LogP contribution is 2.20. The van der Waals surface area contributed by atoms with Crippen LogP contribution in [0.4, 0.5) is 4.39 Å². The molecule has 1 aromatic heterocycles. The number of fused-ring (bicyclic) bond motifs is 1. The highest BCUT2D eigenvalue weighted by molar-refractivity contribution is 5.41. The van der Waals surface area contributed by atoms with E-state index in [2.05, 4.69) is 23.0 Å². The van der Waals surface area contributed by atoms with E-state index in [-0.39, 0.29) is 18.0 Å². The van der Waals surface area contributed by atoms with Crippen molar-refractivity contribution in [2.45, 2.75) is 32.0 Å². The minimum absolute atomic E-state index is 0.0789. The molecule has 3 nitrogen and oxygen atoms in total. The van der Waals surface area contributed by atoms with Crippen LogP contribution in [0.1, 0.15) is 23.7 Å². The first-order chi connectivity index (χ1) is 11.5. The molecule has 1 aliphatic heterocycles. The Kier molecular flexibility index (Phi) is 4.43. The molecule has 126 valence electrons. The highest BCUT2D eigenvalue weighted by atomic mass is 19.1. The van der Waals surface area contributed by atoms with E-state index in [1.807, 2.05) is 13.0 Å². The zero-order valence-electron chi connectivity index (χ0n) is 14.0. The number of hydrogen-bond donors (Lipinski definition) is 2. The van der Waals surface area contributed by atoms with Gasteiger partial charge >= 0.3 is 0 Å². The Bertz CT molecular complexity index is 867. The van der Waals surface area contributed by atoms with Gasteiger partial charge < -0.3 is 15.0 Å². The minimum Gasteiger partial charge on any atom is -0.394 e. The van der Waals surface area contributed by atoms with E-state index >= 15 is 0 Å². The molecular weight excluding hydrogens is 303 g/mol. The fourth-order valence-corrected chi connectivity index (χ4v) is 3.33. The second-order valence-corrected chi connectivity index (χ2v) is 6.65. The number of nitrogens with zero attached hydrogens (tertiary/aromatic N) is 1. The van der Waals surface area contributed by atoms with Gasteiger partial charge in [0.1, 0.15) is 5.82 Å². The summed E-state index contributed by atoms with van der Waals surface area (Å²) in [6.45, 7) is 11.5. The lowest BCUT2D eigenvalue weighted by molar-refractivity contribution is 0.164. The molecule has 0 spiro atoms. The van der Waals surface area contributed by atoms with Crippen LogP contribution < -0.4 is 15.9 Å². The molecule has 0 fully saturated rings. The van der Waals surface area contributed by atoms with Gasteiger partial charge in [0.05, 0.1) is 6.61 Å². The number of aliphatic hydroxyl groups is 1. The number of aliphatic hydroxyl groups excluding tert-OH is 1. The molecule has 1 atom stereocenters. The van der Waals surface area contributed by atoms with Crippen molar-refractivity contribution in [1.29, 1.82) is 0 Å². The summed E-state index contributed by atoms with van der Waals surface area (Å²) >= 11 is 0. The summed E-state index contributed by atoms with van der Waals surface area (Å²) in [6.07, 6.45) is 4.45. The molecule has 0 amide bonds. The maximum Gasteiger partial charge on any atom is 0.123 e. The molecule has 3 rings (SSSR count).